The Labute approximate surface area is 112 Å². The fourth-order valence-corrected chi connectivity index (χ4v) is 3.61. The zero-order valence-electron chi connectivity index (χ0n) is 8.50. The van der Waals surface area contributed by atoms with E-state index in [9.17, 15) is 4.79 Å². The van der Waals surface area contributed by atoms with E-state index in [1.54, 1.807) is 18.2 Å². The summed E-state index contributed by atoms with van der Waals surface area (Å²) < 4.78 is 0.825. The molecule has 0 aromatic heterocycles. The number of rotatable bonds is 2. The van der Waals surface area contributed by atoms with Gasteiger partial charge in [-0.25, -0.2) is 0 Å². The molecule has 86 valence electrons. The van der Waals surface area contributed by atoms with Crippen LogP contribution < -0.4 is 5.32 Å². The third-order valence-corrected chi connectivity index (χ3v) is 4.23. The summed E-state index contributed by atoms with van der Waals surface area (Å²) in [5.41, 5.74) is 0.608. The zero-order chi connectivity index (χ0) is 11.5. The molecule has 0 saturated carbocycles. The number of halogens is 2. The van der Waals surface area contributed by atoms with Crippen molar-refractivity contribution in [2.24, 2.45) is 0 Å². The van der Waals surface area contributed by atoms with Gasteiger partial charge < -0.3 is 5.32 Å². The molecule has 1 saturated heterocycles. The molecular formula is C11H11BrClNOS. The van der Waals surface area contributed by atoms with Gasteiger partial charge in [0.2, 0.25) is 0 Å². The number of nitrogens with one attached hydrogen (secondary N) is 1. The quantitative estimate of drug-likeness (QED) is 0.905. The first kappa shape index (κ1) is 12.3. The van der Waals surface area contributed by atoms with Gasteiger partial charge in [0, 0.05) is 26.9 Å². The van der Waals surface area contributed by atoms with Gasteiger partial charge in [0.1, 0.15) is 0 Å². The van der Waals surface area contributed by atoms with Crippen molar-refractivity contribution in [2.45, 2.75) is 12.5 Å². The third-order valence-electron chi connectivity index (χ3n) is 2.39. The van der Waals surface area contributed by atoms with Crippen LogP contribution in [0.5, 0.6) is 0 Å². The molecule has 5 heteroatoms. The Bertz CT molecular complexity index is 387. The molecule has 1 aliphatic rings. The Morgan fingerprint density at radius 2 is 2.31 bits per heavy atom. The van der Waals surface area contributed by atoms with Crippen LogP contribution in [-0.4, -0.2) is 23.5 Å². The van der Waals surface area contributed by atoms with Crippen LogP contribution in [0.3, 0.4) is 0 Å². The second-order valence-electron chi connectivity index (χ2n) is 3.69. The summed E-state index contributed by atoms with van der Waals surface area (Å²) >= 11 is 11.1. The van der Waals surface area contributed by atoms with Gasteiger partial charge in [-0.1, -0.05) is 27.5 Å². The fraction of sp³-hybridized carbons (Fsp3) is 0.364. The first-order chi connectivity index (χ1) is 7.65. The van der Waals surface area contributed by atoms with Crippen LogP contribution in [0, 0.1) is 0 Å². The van der Waals surface area contributed by atoms with Crippen molar-refractivity contribution >= 4 is 45.2 Å². The summed E-state index contributed by atoms with van der Waals surface area (Å²) in [6.07, 6.45) is 1.05. The van der Waals surface area contributed by atoms with E-state index < -0.39 is 0 Å². The molecule has 1 amide bonds. The maximum absolute atomic E-state index is 11.9. The molecule has 1 fully saturated rings. The Kier molecular flexibility index (Phi) is 4.16. The van der Waals surface area contributed by atoms with Crippen LogP contribution in [0.15, 0.2) is 22.7 Å². The Morgan fingerprint density at radius 3 is 2.94 bits per heavy atom. The first-order valence-corrected chi connectivity index (χ1v) is 7.32. The lowest BCUT2D eigenvalue weighted by molar-refractivity contribution is 0.0941. The molecule has 1 atom stereocenters. The number of amides is 1. The summed E-state index contributed by atoms with van der Waals surface area (Å²) in [7, 11) is 0. The topological polar surface area (TPSA) is 29.1 Å². The fourth-order valence-electron chi connectivity index (χ4n) is 1.60. The van der Waals surface area contributed by atoms with Crippen LogP contribution >= 0.6 is 39.3 Å². The number of benzene rings is 1. The second kappa shape index (κ2) is 5.43. The van der Waals surface area contributed by atoms with Gasteiger partial charge in [0.25, 0.3) is 5.91 Å². The minimum Gasteiger partial charge on any atom is -0.348 e. The van der Waals surface area contributed by atoms with Crippen molar-refractivity contribution in [3.8, 4) is 0 Å². The first-order valence-electron chi connectivity index (χ1n) is 5.00. The lowest BCUT2D eigenvalue weighted by Crippen LogP contribution is -2.34. The Hall–Kier alpha value is -0.190. The highest BCUT2D eigenvalue weighted by Gasteiger charge is 2.18. The molecular weight excluding hydrogens is 310 g/mol. The standard InChI is InChI=1S/C11H11BrClNOS/c12-8-3-7(4-9(13)5-8)11(15)14-10-1-2-16-6-10/h3-5,10H,1-2,6H2,(H,14,15). The summed E-state index contributed by atoms with van der Waals surface area (Å²) in [6, 6.07) is 5.53. The van der Waals surface area contributed by atoms with E-state index in [1.165, 1.54) is 0 Å². The Balaban J connectivity index is 2.07. The highest BCUT2D eigenvalue weighted by Crippen LogP contribution is 2.21. The molecule has 1 aromatic rings. The molecule has 0 spiro atoms. The molecule has 1 aliphatic heterocycles. The molecule has 0 bridgehead atoms. The van der Waals surface area contributed by atoms with Gasteiger partial charge in [0.05, 0.1) is 0 Å². The summed E-state index contributed by atoms with van der Waals surface area (Å²) in [6.45, 7) is 0. The van der Waals surface area contributed by atoms with Crippen molar-refractivity contribution in [1.29, 1.82) is 0 Å². The number of carbonyl (C=O) groups is 1. The largest absolute Gasteiger partial charge is 0.348 e. The molecule has 1 heterocycles. The van der Waals surface area contributed by atoms with Crippen LogP contribution in [0.25, 0.3) is 0 Å². The van der Waals surface area contributed by atoms with E-state index >= 15 is 0 Å². The molecule has 1 unspecified atom stereocenters. The molecule has 0 aliphatic carbocycles. The van der Waals surface area contributed by atoms with E-state index in [4.69, 9.17) is 11.6 Å². The number of thioether (sulfide) groups is 1. The van der Waals surface area contributed by atoms with E-state index in [1.807, 2.05) is 11.8 Å². The highest BCUT2D eigenvalue weighted by molar-refractivity contribution is 9.10. The normalized spacial score (nSPS) is 19.8. The smallest absolute Gasteiger partial charge is 0.251 e. The average molecular weight is 321 g/mol. The predicted octanol–water partition coefficient (Wildman–Crippen LogP) is 3.34. The van der Waals surface area contributed by atoms with Crippen molar-refractivity contribution in [3.63, 3.8) is 0 Å². The Morgan fingerprint density at radius 1 is 1.50 bits per heavy atom. The van der Waals surface area contributed by atoms with E-state index in [0.29, 0.717) is 16.6 Å². The van der Waals surface area contributed by atoms with Crippen molar-refractivity contribution in [3.05, 3.63) is 33.3 Å². The maximum atomic E-state index is 11.9. The lowest BCUT2D eigenvalue weighted by Gasteiger charge is -2.11. The summed E-state index contributed by atoms with van der Waals surface area (Å²) in [5, 5.41) is 3.58. The van der Waals surface area contributed by atoms with Crippen LogP contribution in [0.4, 0.5) is 0 Å². The molecule has 1 aromatic carbocycles. The maximum Gasteiger partial charge on any atom is 0.251 e. The van der Waals surface area contributed by atoms with E-state index in [0.717, 1.165) is 22.4 Å². The SMILES string of the molecule is O=C(NC1CCSC1)c1cc(Cl)cc(Br)c1. The summed E-state index contributed by atoms with van der Waals surface area (Å²) in [5.74, 6) is 2.09. The lowest BCUT2D eigenvalue weighted by atomic mass is 10.2. The molecule has 2 nitrogen and oxygen atoms in total. The zero-order valence-corrected chi connectivity index (χ0v) is 11.7. The second-order valence-corrected chi connectivity index (χ2v) is 6.19. The van der Waals surface area contributed by atoms with Crippen molar-refractivity contribution < 1.29 is 4.79 Å². The molecule has 0 radical (unpaired) electrons. The molecule has 1 N–H and O–H groups in total. The van der Waals surface area contributed by atoms with Crippen LogP contribution in [-0.2, 0) is 0 Å². The average Bonchev–Trinajstić information content (AvgIpc) is 2.68. The van der Waals surface area contributed by atoms with Gasteiger partial charge in [0.15, 0.2) is 0 Å². The minimum atomic E-state index is -0.0456. The van der Waals surface area contributed by atoms with Crippen LogP contribution in [0.2, 0.25) is 5.02 Å². The van der Waals surface area contributed by atoms with E-state index in [2.05, 4.69) is 21.2 Å². The summed E-state index contributed by atoms with van der Waals surface area (Å²) in [4.78, 5) is 11.9. The van der Waals surface area contributed by atoms with Gasteiger partial charge in [-0.3, -0.25) is 4.79 Å². The number of hydrogen-bond donors (Lipinski definition) is 1. The number of carbonyl (C=O) groups excluding carboxylic acids is 1. The van der Waals surface area contributed by atoms with Gasteiger partial charge >= 0.3 is 0 Å². The van der Waals surface area contributed by atoms with Crippen molar-refractivity contribution in [1.82, 2.24) is 5.32 Å². The van der Waals surface area contributed by atoms with Crippen molar-refractivity contribution in [2.75, 3.05) is 11.5 Å². The monoisotopic (exact) mass is 319 g/mol. The number of hydrogen-bond acceptors (Lipinski definition) is 2. The predicted molar refractivity (Wildman–Crippen MR) is 72.3 cm³/mol. The van der Waals surface area contributed by atoms with Crippen LogP contribution in [0.1, 0.15) is 16.8 Å². The van der Waals surface area contributed by atoms with E-state index in [-0.39, 0.29) is 5.91 Å². The molecule has 16 heavy (non-hydrogen) atoms. The van der Waals surface area contributed by atoms with Gasteiger partial charge in [-0.05, 0) is 30.4 Å². The highest BCUT2D eigenvalue weighted by atomic mass is 79.9. The minimum absolute atomic E-state index is 0.0456. The van der Waals surface area contributed by atoms with Gasteiger partial charge in [-0.2, -0.15) is 11.8 Å². The molecule has 2 rings (SSSR count). The van der Waals surface area contributed by atoms with Gasteiger partial charge in [-0.15, -0.1) is 0 Å². The third kappa shape index (κ3) is 3.15.